The van der Waals surface area contributed by atoms with Crippen LogP contribution in [0, 0.1) is 10.1 Å². The van der Waals surface area contributed by atoms with E-state index in [0.717, 1.165) is 44.0 Å². The highest BCUT2D eigenvalue weighted by molar-refractivity contribution is 7.80. The lowest BCUT2D eigenvalue weighted by molar-refractivity contribution is -0.384. The molecule has 27 heavy (non-hydrogen) atoms. The first-order valence-electron chi connectivity index (χ1n) is 8.39. The summed E-state index contributed by atoms with van der Waals surface area (Å²) in [6.45, 7) is 4.09. The van der Waals surface area contributed by atoms with Crippen molar-refractivity contribution >= 4 is 51.9 Å². The minimum absolute atomic E-state index is 0.0564. The Bertz CT molecular complexity index is 840. The number of halogens is 2. The van der Waals surface area contributed by atoms with Gasteiger partial charge in [-0.15, -0.1) is 0 Å². The maximum Gasteiger partial charge on any atom is 0.269 e. The number of piperazine rings is 1. The molecule has 0 aromatic heterocycles. The summed E-state index contributed by atoms with van der Waals surface area (Å²) in [5.41, 5.74) is 1.85. The second-order valence-electron chi connectivity index (χ2n) is 6.23. The van der Waals surface area contributed by atoms with Crippen LogP contribution in [0.4, 0.5) is 11.4 Å². The summed E-state index contributed by atoms with van der Waals surface area (Å²) >= 11 is 17.7. The lowest BCUT2D eigenvalue weighted by Gasteiger charge is -2.36. The van der Waals surface area contributed by atoms with E-state index < -0.39 is 4.92 Å². The molecule has 0 spiro atoms. The Kier molecular flexibility index (Phi) is 6.49. The van der Waals surface area contributed by atoms with E-state index in [1.165, 1.54) is 12.1 Å². The van der Waals surface area contributed by atoms with Gasteiger partial charge in [-0.3, -0.25) is 15.0 Å². The molecule has 2 aromatic carbocycles. The van der Waals surface area contributed by atoms with Crippen molar-refractivity contribution in [3.05, 3.63) is 68.2 Å². The Hall–Kier alpha value is -1.93. The van der Waals surface area contributed by atoms with Crippen molar-refractivity contribution in [1.29, 1.82) is 0 Å². The molecule has 1 fully saturated rings. The van der Waals surface area contributed by atoms with Crippen LogP contribution in [-0.2, 0) is 6.54 Å². The number of rotatable bonds is 4. The summed E-state index contributed by atoms with van der Waals surface area (Å²) in [6, 6.07) is 11.8. The number of hydrogen-bond donors (Lipinski definition) is 1. The van der Waals surface area contributed by atoms with E-state index in [9.17, 15) is 10.1 Å². The van der Waals surface area contributed by atoms with Gasteiger partial charge in [0.05, 0.1) is 4.92 Å². The fourth-order valence-corrected chi connectivity index (χ4v) is 3.64. The van der Waals surface area contributed by atoms with Crippen LogP contribution in [0.5, 0.6) is 0 Å². The zero-order valence-corrected chi connectivity index (χ0v) is 16.7. The Balaban J connectivity index is 1.50. The zero-order valence-electron chi connectivity index (χ0n) is 14.4. The second kappa shape index (κ2) is 8.84. The van der Waals surface area contributed by atoms with E-state index in [2.05, 4.69) is 15.1 Å². The third kappa shape index (κ3) is 5.29. The SMILES string of the molecule is O=[N+]([O-])c1ccc(NC(=S)N2CCN(Cc3ccc(Cl)cc3Cl)CC2)cc1. The molecular formula is C18H18Cl2N4O2S. The van der Waals surface area contributed by atoms with E-state index in [4.69, 9.17) is 35.4 Å². The smallest absolute Gasteiger partial charge is 0.269 e. The number of thiocarbonyl (C=S) groups is 1. The van der Waals surface area contributed by atoms with Crippen LogP contribution < -0.4 is 5.32 Å². The molecule has 1 aliphatic rings. The summed E-state index contributed by atoms with van der Waals surface area (Å²) in [6.07, 6.45) is 0. The molecule has 142 valence electrons. The summed E-state index contributed by atoms with van der Waals surface area (Å²) in [5, 5.41) is 15.8. The zero-order chi connectivity index (χ0) is 19.4. The van der Waals surface area contributed by atoms with Crippen molar-refractivity contribution in [3.63, 3.8) is 0 Å². The molecule has 6 nitrogen and oxygen atoms in total. The number of nitro groups is 1. The highest BCUT2D eigenvalue weighted by Crippen LogP contribution is 2.23. The minimum Gasteiger partial charge on any atom is -0.346 e. The number of nitrogens with zero attached hydrogens (tertiary/aromatic N) is 3. The van der Waals surface area contributed by atoms with E-state index >= 15 is 0 Å². The first-order chi connectivity index (χ1) is 12.9. The van der Waals surface area contributed by atoms with Crippen molar-refractivity contribution < 1.29 is 4.92 Å². The van der Waals surface area contributed by atoms with Crippen LogP contribution in [0.2, 0.25) is 10.0 Å². The average molecular weight is 425 g/mol. The van der Waals surface area contributed by atoms with Crippen molar-refractivity contribution in [2.24, 2.45) is 0 Å². The van der Waals surface area contributed by atoms with Gasteiger partial charge < -0.3 is 10.2 Å². The molecule has 1 heterocycles. The predicted octanol–water partition coefficient (Wildman–Crippen LogP) is 4.42. The largest absolute Gasteiger partial charge is 0.346 e. The molecule has 0 saturated carbocycles. The number of benzene rings is 2. The lowest BCUT2D eigenvalue weighted by Crippen LogP contribution is -2.49. The van der Waals surface area contributed by atoms with E-state index in [0.29, 0.717) is 15.2 Å². The number of hydrogen-bond acceptors (Lipinski definition) is 4. The van der Waals surface area contributed by atoms with Gasteiger partial charge in [0, 0.05) is 60.6 Å². The van der Waals surface area contributed by atoms with Gasteiger partial charge in [0.15, 0.2) is 5.11 Å². The third-order valence-corrected chi connectivity index (χ3v) is 5.35. The predicted molar refractivity (Wildman–Crippen MR) is 113 cm³/mol. The number of nitro benzene ring substituents is 1. The van der Waals surface area contributed by atoms with Gasteiger partial charge >= 0.3 is 0 Å². The minimum atomic E-state index is -0.422. The lowest BCUT2D eigenvalue weighted by atomic mass is 10.2. The second-order valence-corrected chi connectivity index (χ2v) is 7.46. The van der Waals surface area contributed by atoms with Crippen LogP contribution in [-0.4, -0.2) is 46.0 Å². The molecule has 0 amide bonds. The van der Waals surface area contributed by atoms with Crippen molar-refractivity contribution in [2.45, 2.75) is 6.54 Å². The monoisotopic (exact) mass is 424 g/mol. The fraction of sp³-hybridized carbons (Fsp3) is 0.278. The Morgan fingerprint density at radius 1 is 1.11 bits per heavy atom. The van der Waals surface area contributed by atoms with Crippen LogP contribution in [0.15, 0.2) is 42.5 Å². The topological polar surface area (TPSA) is 61.7 Å². The van der Waals surface area contributed by atoms with E-state index in [1.807, 2.05) is 12.1 Å². The van der Waals surface area contributed by atoms with E-state index in [1.54, 1.807) is 18.2 Å². The molecule has 9 heteroatoms. The van der Waals surface area contributed by atoms with Crippen molar-refractivity contribution in [2.75, 3.05) is 31.5 Å². The van der Waals surface area contributed by atoms with Crippen LogP contribution in [0.1, 0.15) is 5.56 Å². The molecule has 1 aliphatic heterocycles. The number of anilines is 1. The molecule has 0 unspecified atom stereocenters. The van der Waals surface area contributed by atoms with Gasteiger partial charge in [0.1, 0.15) is 0 Å². The molecule has 0 radical (unpaired) electrons. The maximum absolute atomic E-state index is 10.7. The number of non-ortho nitro benzene ring substituents is 1. The van der Waals surface area contributed by atoms with Crippen LogP contribution >= 0.6 is 35.4 Å². The average Bonchev–Trinajstić information content (AvgIpc) is 2.65. The first-order valence-corrected chi connectivity index (χ1v) is 9.55. The molecule has 3 rings (SSSR count). The molecule has 0 aliphatic carbocycles. The first kappa shape index (κ1) is 19.8. The van der Waals surface area contributed by atoms with Crippen molar-refractivity contribution in [3.8, 4) is 0 Å². The summed E-state index contributed by atoms with van der Waals surface area (Å²) in [4.78, 5) is 14.7. The van der Waals surface area contributed by atoms with Crippen LogP contribution in [0.3, 0.4) is 0 Å². The third-order valence-electron chi connectivity index (χ3n) is 4.40. The maximum atomic E-state index is 10.7. The van der Waals surface area contributed by atoms with Crippen LogP contribution in [0.25, 0.3) is 0 Å². The van der Waals surface area contributed by atoms with Crippen molar-refractivity contribution in [1.82, 2.24) is 9.80 Å². The van der Waals surface area contributed by atoms with Gasteiger partial charge in [0.2, 0.25) is 0 Å². The normalized spacial score (nSPS) is 14.8. The van der Waals surface area contributed by atoms with E-state index in [-0.39, 0.29) is 5.69 Å². The molecule has 1 saturated heterocycles. The van der Waals surface area contributed by atoms with Gasteiger partial charge in [-0.1, -0.05) is 29.3 Å². The fourth-order valence-electron chi connectivity index (χ4n) is 2.87. The number of nitrogens with one attached hydrogen (secondary N) is 1. The molecule has 0 bridgehead atoms. The molecular weight excluding hydrogens is 407 g/mol. The summed E-state index contributed by atoms with van der Waals surface area (Å²) in [7, 11) is 0. The van der Waals surface area contributed by atoms with Gasteiger partial charge in [-0.2, -0.15) is 0 Å². The highest BCUT2D eigenvalue weighted by atomic mass is 35.5. The standard InChI is InChI=1S/C18H18Cl2N4O2S/c19-14-2-1-13(17(20)11-14)12-22-7-9-23(10-8-22)18(27)21-15-3-5-16(6-4-15)24(25)26/h1-6,11H,7-10,12H2,(H,21,27). The molecule has 1 N–H and O–H groups in total. The Labute approximate surface area is 172 Å². The summed E-state index contributed by atoms with van der Waals surface area (Å²) in [5.74, 6) is 0. The summed E-state index contributed by atoms with van der Waals surface area (Å²) < 4.78 is 0. The molecule has 2 aromatic rings. The van der Waals surface area contributed by atoms with Gasteiger partial charge in [0.25, 0.3) is 5.69 Å². The van der Waals surface area contributed by atoms with Gasteiger partial charge in [-0.25, -0.2) is 0 Å². The quantitative estimate of drug-likeness (QED) is 0.445. The Morgan fingerprint density at radius 3 is 2.37 bits per heavy atom. The van der Waals surface area contributed by atoms with Gasteiger partial charge in [-0.05, 0) is 42.0 Å². The highest BCUT2D eigenvalue weighted by Gasteiger charge is 2.20. The molecule has 0 atom stereocenters. The Morgan fingerprint density at radius 2 is 1.78 bits per heavy atom.